The first-order chi connectivity index (χ1) is 13.2. The number of primary sulfonamides is 1. The Labute approximate surface area is 168 Å². The topological polar surface area (TPSA) is 145 Å². The van der Waals surface area contributed by atoms with Crippen LogP contribution in [0.3, 0.4) is 0 Å². The number of nitrogens with two attached hydrogens (primary N) is 1. The van der Waals surface area contributed by atoms with Gasteiger partial charge < -0.3 is 15.0 Å². The molecule has 0 radical (unpaired) electrons. The second-order valence-electron chi connectivity index (χ2n) is 7.95. The monoisotopic (exact) mass is 432 g/mol. The number of nitro benzene ring substituents is 1. The lowest BCUT2D eigenvalue weighted by Crippen LogP contribution is -2.48. The number of nitrogens with one attached hydrogen (secondary N) is 1. The molecule has 1 amide bonds. The van der Waals surface area contributed by atoms with Crippen LogP contribution in [0.25, 0.3) is 0 Å². The van der Waals surface area contributed by atoms with Crippen molar-refractivity contribution in [2.45, 2.75) is 49.8 Å². The molecule has 162 valence electrons. The van der Waals surface area contributed by atoms with Gasteiger partial charge in [0.15, 0.2) is 0 Å². The van der Waals surface area contributed by atoms with Crippen molar-refractivity contribution in [3.05, 3.63) is 28.3 Å². The van der Waals surface area contributed by atoms with Crippen LogP contribution in [-0.4, -0.2) is 55.2 Å². The van der Waals surface area contributed by atoms with E-state index >= 15 is 4.39 Å². The number of carbonyl (C=O) groups excluding carboxylic acids is 1. The lowest BCUT2D eigenvalue weighted by molar-refractivity contribution is -0.384. The second kappa shape index (κ2) is 8.11. The van der Waals surface area contributed by atoms with Crippen molar-refractivity contribution in [1.29, 1.82) is 0 Å². The Bertz CT molecular complexity index is 892. The van der Waals surface area contributed by atoms with E-state index in [9.17, 15) is 23.3 Å². The lowest BCUT2D eigenvalue weighted by atomic mass is 9.93. The average Bonchev–Trinajstić information content (AvgIpc) is 2.58. The van der Waals surface area contributed by atoms with Crippen molar-refractivity contribution in [3.8, 4) is 0 Å². The van der Waals surface area contributed by atoms with E-state index in [0.29, 0.717) is 0 Å². The highest BCUT2D eigenvalue weighted by Crippen LogP contribution is 2.31. The summed E-state index contributed by atoms with van der Waals surface area (Å²) < 4.78 is 43.1. The number of alkyl halides is 1. The fourth-order valence-electron chi connectivity index (χ4n) is 2.84. The minimum absolute atomic E-state index is 0.0194. The van der Waals surface area contributed by atoms with Crippen LogP contribution in [0.15, 0.2) is 23.1 Å². The molecule has 1 aliphatic rings. The number of carbonyl (C=O) groups is 1. The van der Waals surface area contributed by atoms with Gasteiger partial charge >= 0.3 is 6.09 Å². The third-order valence-corrected chi connectivity index (χ3v) is 5.31. The zero-order valence-corrected chi connectivity index (χ0v) is 17.3. The van der Waals surface area contributed by atoms with Gasteiger partial charge in [0, 0.05) is 38.5 Å². The summed E-state index contributed by atoms with van der Waals surface area (Å²) in [6, 6.07) is 3.12. The van der Waals surface area contributed by atoms with Gasteiger partial charge in [0.2, 0.25) is 10.0 Å². The summed E-state index contributed by atoms with van der Waals surface area (Å²) in [5.74, 6) is 0. The smallest absolute Gasteiger partial charge is 0.410 e. The molecule has 1 saturated heterocycles. The van der Waals surface area contributed by atoms with Gasteiger partial charge in [-0.15, -0.1) is 0 Å². The summed E-state index contributed by atoms with van der Waals surface area (Å²) in [7, 11) is -4.11. The first-order valence-corrected chi connectivity index (χ1v) is 10.5. The number of hydrogen-bond donors (Lipinski definition) is 2. The molecule has 1 aromatic rings. The maximum atomic E-state index is 15.1. The summed E-state index contributed by atoms with van der Waals surface area (Å²) in [5.41, 5.74) is -2.88. The van der Waals surface area contributed by atoms with E-state index in [1.807, 2.05) is 0 Å². The van der Waals surface area contributed by atoms with E-state index in [1.54, 1.807) is 20.8 Å². The molecule has 1 heterocycles. The number of nitrogens with zero attached hydrogens (tertiary/aromatic N) is 2. The molecule has 0 bridgehead atoms. The van der Waals surface area contributed by atoms with E-state index in [0.717, 1.165) is 12.1 Å². The van der Waals surface area contributed by atoms with Crippen molar-refractivity contribution in [2.24, 2.45) is 5.14 Å². The molecule has 12 heteroatoms. The van der Waals surface area contributed by atoms with Gasteiger partial charge in [-0.3, -0.25) is 10.1 Å². The molecular formula is C17H25FN4O6S. The van der Waals surface area contributed by atoms with Gasteiger partial charge in [-0.2, -0.15) is 0 Å². The van der Waals surface area contributed by atoms with Crippen molar-refractivity contribution < 1.29 is 27.3 Å². The SMILES string of the molecule is CC(C)(C)OC(=O)N1CCC(F)(CNc2ccc(S(N)(=O)=O)cc2[N+](=O)[O-])CC1. The van der Waals surface area contributed by atoms with Crippen LogP contribution < -0.4 is 10.5 Å². The van der Waals surface area contributed by atoms with E-state index in [2.05, 4.69) is 5.32 Å². The molecule has 1 aliphatic heterocycles. The molecule has 29 heavy (non-hydrogen) atoms. The number of halogens is 1. The zero-order valence-electron chi connectivity index (χ0n) is 16.5. The quantitative estimate of drug-likeness (QED) is 0.537. The van der Waals surface area contributed by atoms with Gasteiger partial charge in [-0.1, -0.05) is 0 Å². The molecule has 0 spiro atoms. The van der Waals surface area contributed by atoms with Crippen LogP contribution in [-0.2, 0) is 14.8 Å². The number of ether oxygens (including phenoxy) is 1. The van der Waals surface area contributed by atoms with E-state index < -0.39 is 42.9 Å². The Kier molecular flexibility index (Phi) is 6.38. The standard InChI is InChI=1S/C17H25FN4O6S/c1-16(2,3)28-15(23)21-8-6-17(18,7-9-21)11-20-13-5-4-12(29(19,26)27)10-14(13)22(24)25/h4-5,10,20H,6-9,11H2,1-3H3,(H2,19,26,27). The predicted octanol–water partition coefficient (Wildman–Crippen LogP) is 2.39. The molecule has 1 aromatic carbocycles. The summed E-state index contributed by atoms with van der Waals surface area (Å²) in [6.07, 6.45) is -0.452. The van der Waals surface area contributed by atoms with Crippen molar-refractivity contribution >= 4 is 27.5 Å². The number of amides is 1. The van der Waals surface area contributed by atoms with Gasteiger partial charge in [0.25, 0.3) is 5.69 Å². The minimum atomic E-state index is -4.11. The summed E-state index contributed by atoms with van der Waals surface area (Å²) in [4.78, 5) is 23.6. The van der Waals surface area contributed by atoms with E-state index in [-0.39, 0.29) is 38.2 Å². The van der Waals surface area contributed by atoms with Crippen LogP contribution >= 0.6 is 0 Å². The van der Waals surface area contributed by atoms with Crippen molar-refractivity contribution in [2.75, 3.05) is 25.0 Å². The molecular weight excluding hydrogens is 407 g/mol. The highest BCUT2D eigenvalue weighted by molar-refractivity contribution is 7.89. The van der Waals surface area contributed by atoms with Gasteiger partial charge in [-0.05, 0) is 32.9 Å². The van der Waals surface area contributed by atoms with Crippen LogP contribution in [0.1, 0.15) is 33.6 Å². The minimum Gasteiger partial charge on any atom is -0.444 e. The molecule has 0 aromatic heterocycles. The Balaban J connectivity index is 2.03. The molecule has 1 fully saturated rings. The number of rotatable bonds is 5. The van der Waals surface area contributed by atoms with E-state index in [1.165, 1.54) is 11.0 Å². The maximum Gasteiger partial charge on any atom is 0.410 e. The van der Waals surface area contributed by atoms with Crippen LogP contribution in [0.2, 0.25) is 0 Å². The Morgan fingerprint density at radius 3 is 2.45 bits per heavy atom. The molecule has 3 N–H and O–H groups in total. The number of sulfonamides is 1. The number of piperidine rings is 1. The Hall–Kier alpha value is -2.47. The van der Waals surface area contributed by atoms with Crippen LogP contribution in [0.4, 0.5) is 20.6 Å². The number of benzene rings is 1. The highest BCUT2D eigenvalue weighted by atomic mass is 32.2. The van der Waals surface area contributed by atoms with Crippen LogP contribution in [0.5, 0.6) is 0 Å². The van der Waals surface area contributed by atoms with Crippen LogP contribution in [0, 0.1) is 10.1 Å². The third kappa shape index (κ3) is 6.26. The number of nitro groups is 1. The molecule has 0 atom stereocenters. The molecule has 0 unspecified atom stereocenters. The summed E-state index contributed by atoms with van der Waals surface area (Å²) in [5, 5.41) is 18.9. The molecule has 0 aliphatic carbocycles. The maximum absolute atomic E-state index is 15.1. The molecule has 10 nitrogen and oxygen atoms in total. The first kappa shape index (κ1) is 22.8. The Morgan fingerprint density at radius 1 is 1.38 bits per heavy atom. The summed E-state index contributed by atoms with van der Waals surface area (Å²) in [6.45, 7) is 5.30. The Morgan fingerprint density at radius 2 is 1.97 bits per heavy atom. The first-order valence-electron chi connectivity index (χ1n) is 8.92. The molecule has 0 saturated carbocycles. The number of hydrogen-bond acceptors (Lipinski definition) is 7. The normalized spacial score (nSPS) is 16.9. The number of likely N-dealkylation sites (tertiary alicyclic amines) is 1. The fourth-order valence-corrected chi connectivity index (χ4v) is 3.37. The third-order valence-electron chi connectivity index (χ3n) is 4.40. The van der Waals surface area contributed by atoms with Gasteiger partial charge in [0.05, 0.1) is 9.82 Å². The van der Waals surface area contributed by atoms with E-state index in [4.69, 9.17) is 9.88 Å². The average molecular weight is 432 g/mol. The van der Waals surface area contributed by atoms with Crippen molar-refractivity contribution in [3.63, 3.8) is 0 Å². The van der Waals surface area contributed by atoms with Gasteiger partial charge in [0.1, 0.15) is 17.0 Å². The predicted molar refractivity (Wildman–Crippen MR) is 104 cm³/mol. The zero-order chi connectivity index (χ0) is 22.0. The largest absolute Gasteiger partial charge is 0.444 e. The number of anilines is 1. The van der Waals surface area contributed by atoms with Gasteiger partial charge in [-0.25, -0.2) is 22.7 Å². The lowest BCUT2D eigenvalue weighted by Gasteiger charge is -2.37. The van der Waals surface area contributed by atoms with Crippen molar-refractivity contribution in [1.82, 2.24) is 4.90 Å². The summed E-state index contributed by atoms with van der Waals surface area (Å²) >= 11 is 0. The fraction of sp³-hybridized carbons (Fsp3) is 0.588. The second-order valence-corrected chi connectivity index (χ2v) is 9.51. The molecule has 2 rings (SSSR count). The highest BCUT2D eigenvalue weighted by Gasteiger charge is 2.37.